The van der Waals surface area contributed by atoms with Crippen LogP contribution in [0.4, 0.5) is 4.39 Å². The molecule has 1 unspecified atom stereocenters. The molecule has 21 heavy (non-hydrogen) atoms. The summed E-state index contributed by atoms with van der Waals surface area (Å²) < 4.78 is 13.0. The maximum absolute atomic E-state index is 13.0. The van der Waals surface area contributed by atoms with E-state index in [-0.39, 0.29) is 23.4 Å². The lowest BCUT2D eigenvalue weighted by molar-refractivity contribution is 0.289. The molecule has 0 amide bonds. The van der Waals surface area contributed by atoms with E-state index in [4.69, 9.17) is 0 Å². The zero-order valence-corrected chi connectivity index (χ0v) is 11.5. The fraction of sp³-hybridized carbons (Fsp3) is 0.188. The minimum atomic E-state index is -0.267. The Morgan fingerprint density at radius 2 is 1.86 bits per heavy atom. The molecule has 108 valence electrons. The summed E-state index contributed by atoms with van der Waals surface area (Å²) >= 11 is 0. The van der Waals surface area contributed by atoms with Crippen molar-refractivity contribution < 1.29 is 14.6 Å². The molecule has 0 aromatic heterocycles. The second kappa shape index (κ2) is 5.09. The standard InChI is InChI=1S/C16H15FN2O2/c1-19-15(10-2-4-11(17)5-3-10)9-14(18-19)13-7-6-12(20)8-16(13)21/h2-8,15,20-21H,9H2,1H3. The molecule has 0 bridgehead atoms. The number of hydrogen-bond donors (Lipinski definition) is 2. The molecule has 1 atom stereocenters. The average Bonchev–Trinajstić information content (AvgIpc) is 2.81. The van der Waals surface area contributed by atoms with Crippen LogP contribution in [-0.2, 0) is 0 Å². The zero-order chi connectivity index (χ0) is 15.0. The Labute approximate surface area is 121 Å². The minimum Gasteiger partial charge on any atom is -0.508 e. The van der Waals surface area contributed by atoms with Gasteiger partial charge in [-0.3, -0.25) is 5.01 Å². The highest BCUT2D eigenvalue weighted by Gasteiger charge is 2.27. The van der Waals surface area contributed by atoms with Crippen molar-refractivity contribution in [2.75, 3.05) is 7.05 Å². The molecule has 4 nitrogen and oxygen atoms in total. The number of phenolic OH excluding ortho intramolecular Hbond substituents is 2. The fourth-order valence-electron chi connectivity index (χ4n) is 2.56. The van der Waals surface area contributed by atoms with Gasteiger partial charge < -0.3 is 10.2 Å². The summed E-state index contributed by atoms with van der Waals surface area (Å²) in [5.74, 6) is -0.253. The van der Waals surface area contributed by atoms with E-state index in [9.17, 15) is 14.6 Å². The molecule has 3 rings (SSSR count). The summed E-state index contributed by atoms with van der Waals surface area (Å²) in [4.78, 5) is 0. The summed E-state index contributed by atoms with van der Waals surface area (Å²) in [5.41, 5.74) is 2.31. The molecule has 1 aliphatic rings. The number of nitrogens with zero attached hydrogens (tertiary/aromatic N) is 2. The molecule has 1 aliphatic heterocycles. The number of phenols is 2. The van der Waals surface area contributed by atoms with Crippen LogP contribution in [0.3, 0.4) is 0 Å². The normalized spacial score (nSPS) is 17.9. The Kier molecular flexibility index (Phi) is 3.25. The van der Waals surface area contributed by atoms with Crippen LogP contribution >= 0.6 is 0 Å². The van der Waals surface area contributed by atoms with Crippen molar-refractivity contribution in [3.05, 3.63) is 59.4 Å². The summed E-state index contributed by atoms with van der Waals surface area (Å²) in [6.07, 6.45) is 0.612. The van der Waals surface area contributed by atoms with Crippen LogP contribution in [0.5, 0.6) is 11.5 Å². The quantitative estimate of drug-likeness (QED) is 0.892. The van der Waals surface area contributed by atoms with Crippen LogP contribution in [0.1, 0.15) is 23.6 Å². The maximum atomic E-state index is 13.0. The lowest BCUT2D eigenvalue weighted by Crippen LogP contribution is -2.13. The number of benzene rings is 2. The Balaban J connectivity index is 1.87. The lowest BCUT2D eigenvalue weighted by atomic mass is 9.98. The maximum Gasteiger partial charge on any atom is 0.128 e. The van der Waals surface area contributed by atoms with E-state index in [1.807, 2.05) is 7.05 Å². The van der Waals surface area contributed by atoms with Gasteiger partial charge in [0.1, 0.15) is 17.3 Å². The Morgan fingerprint density at radius 3 is 2.52 bits per heavy atom. The third-order valence-corrected chi connectivity index (χ3v) is 3.66. The highest BCUT2D eigenvalue weighted by molar-refractivity contribution is 6.04. The number of rotatable bonds is 2. The van der Waals surface area contributed by atoms with Gasteiger partial charge in [0.15, 0.2) is 0 Å². The number of hydrazone groups is 1. The molecule has 2 N–H and O–H groups in total. The van der Waals surface area contributed by atoms with Crippen molar-refractivity contribution in [2.24, 2.45) is 5.10 Å². The Bertz CT molecular complexity index is 698. The number of hydrogen-bond acceptors (Lipinski definition) is 4. The van der Waals surface area contributed by atoms with Gasteiger partial charge in [-0.05, 0) is 29.8 Å². The third-order valence-electron chi connectivity index (χ3n) is 3.66. The minimum absolute atomic E-state index is 0.00176. The zero-order valence-electron chi connectivity index (χ0n) is 11.5. The van der Waals surface area contributed by atoms with Crippen molar-refractivity contribution in [2.45, 2.75) is 12.5 Å². The molecule has 0 fully saturated rings. The molecule has 1 heterocycles. The summed E-state index contributed by atoms with van der Waals surface area (Å²) in [6, 6.07) is 10.8. The molecule has 0 saturated carbocycles. The van der Waals surface area contributed by atoms with Gasteiger partial charge >= 0.3 is 0 Å². The first-order valence-corrected chi connectivity index (χ1v) is 6.63. The van der Waals surface area contributed by atoms with Crippen LogP contribution in [-0.4, -0.2) is 28.0 Å². The molecule has 0 spiro atoms. The van der Waals surface area contributed by atoms with E-state index in [1.165, 1.54) is 24.3 Å². The smallest absolute Gasteiger partial charge is 0.128 e. The molecule has 0 aliphatic carbocycles. The van der Waals surface area contributed by atoms with Crippen LogP contribution in [0, 0.1) is 5.82 Å². The van der Waals surface area contributed by atoms with E-state index in [1.54, 1.807) is 23.2 Å². The van der Waals surface area contributed by atoms with Crippen molar-refractivity contribution in [1.29, 1.82) is 0 Å². The van der Waals surface area contributed by atoms with E-state index in [0.717, 1.165) is 11.3 Å². The van der Waals surface area contributed by atoms with Gasteiger partial charge in [0.05, 0.1) is 11.8 Å². The molecular weight excluding hydrogens is 271 g/mol. The van der Waals surface area contributed by atoms with Crippen LogP contribution in [0.15, 0.2) is 47.6 Å². The topological polar surface area (TPSA) is 56.1 Å². The number of halogens is 1. The van der Waals surface area contributed by atoms with Gasteiger partial charge in [-0.2, -0.15) is 5.10 Å². The van der Waals surface area contributed by atoms with Crippen LogP contribution in [0.2, 0.25) is 0 Å². The van der Waals surface area contributed by atoms with Gasteiger partial charge in [-0.25, -0.2) is 4.39 Å². The largest absolute Gasteiger partial charge is 0.508 e. The van der Waals surface area contributed by atoms with E-state index < -0.39 is 0 Å². The Hall–Kier alpha value is -2.56. The lowest BCUT2D eigenvalue weighted by Gasteiger charge is -2.18. The third kappa shape index (κ3) is 2.54. The Morgan fingerprint density at radius 1 is 1.14 bits per heavy atom. The summed E-state index contributed by atoms with van der Waals surface area (Å²) in [5, 5.41) is 25.5. The monoisotopic (exact) mass is 286 g/mol. The van der Waals surface area contributed by atoms with Crippen LogP contribution in [0.25, 0.3) is 0 Å². The van der Waals surface area contributed by atoms with Crippen molar-refractivity contribution in [3.8, 4) is 11.5 Å². The van der Waals surface area contributed by atoms with Crippen molar-refractivity contribution >= 4 is 5.71 Å². The van der Waals surface area contributed by atoms with Gasteiger partial charge in [0.2, 0.25) is 0 Å². The summed E-state index contributed by atoms with van der Waals surface area (Å²) in [7, 11) is 1.85. The molecule has 0 radical (unpaired) electrons. The SMILES string of the molecule is CN1N=C(c2ccc(O)cc2O)CC1c1ccc(F)cc1. The van der Waals surface area contributed by atoms with Gasteiger partial charge in [-0.1, -0.05) is 12.1 Å². The molecule has 0 saturated heterocycles. The van der Waals surface area contributed by atoms with E-state index in [0.29, 0.717) is 12.0 Å². The molecule has 2 aromatic rings. The first kappa shape index (κ1) is 13.4. The second-order valence-electron chi connectivity index (χ2n) is 5.09. The second-order valence-corrected chi connectivity index (χ2v) is 5.09. The fourth-order valence-corrected chi connectivity index (χ4v) is 2.56. The highest BCUT2D eigenvalue weighted by Crippen LogP contribution is 2.34. The molecule has 2 aromatic carbocycles. The predicted octanol–water partition coefficient (Wildman–Crippen LogP) is 3.02. The first-order valence-electron chi connectivity index (χ1n) is 6.63. The average molecular weight is 286 g/mol. The first-order chi connectivity index (χ1) is 10.0. The highest BCUT2D eigenvalue weighted by atomic mass is 19.1. The summed E-state index contributed by atoms with van der Waals surface area (Å²) in [6.45, 7) is 0. The van der Waals surface area contributed by atoms with Gasteiger partial charge in [0, 0.05) is 25.1 Å². The van der Waals surface area contributed by atoms with Gasteiger partial charge in [0.25, 0.3) is 0 Å². The predicted molar refractivity (Wildman–Crippen MR) is 77.8 cm³/mol. The van der Waals surface area contributed by atoms with Crippen molar-refractivity contribution in [3.63, 3.8) is 0 Å². The van der Waals surface area contributed by atoms with E-state index >= 15 is 0 Å². The number of aromatic hydroxyl groups is 2. The van der Waals surface area contributed by atoms with Gasteiger partial charge in [-0.15, -0.1) is 0 Å². The van der Waals surface area contributed by atoms with E-state index in [2.05, 4.69) is 5.10 Å². The van der Waals surface area contributed by atoms with Crippen molar-refractivity contribution in [1.82, 2.24) is 5.01 Å². The molecular formula is C16H15FN2O2. The molecule has 5 heteroatoms. The van der Waals surface area contributed by atoms with Crippen LogP contribution < -0.4 is 0 Å².